The third-order valence-electron chi connectivity index (χ3n) is 6.63. The molecule has 1 heterocycles. The lowest BCUT2D eigenvalue weighted by Crippen LogP contribution is -2.55. The highest BCUT2D eigenvalue weighted by molar-refractivity contribution is 6.09. The van der Waals surface area contributed by atoms with Crippen LogP contribution in [0.2, 0.25) is 0 Å². The predicted molar refractivity (Wildman–Crippen MR) is 127 cm³/mol. The van der Waals surface area contributed by atoms with E-state index in [1.54, 1.807) is 56.3 Å². The molecule has 1 aliphatic rings. The molecule has 3 rings (SSSR count). The molecule has 2 amide bonds. The van der Waals surface area contributed by atoms with Crippen molar-refractivity contribution in [2.45, 2.75) is 44.2 Å². The number of nitrogens with one attached hydrogen (secondary N) is 2. The maximum absolute atomic E-state index is 13.4. The quantitative estimate of drug-likeness (QED) is 0.256. The van der Waals surface area contributed by atoms with Gasteiger partial charge in [-0.15, -0.1) is 6.58 Å². The number of methoxy groups -OCH3 is 1. The summed E-state index contributed by atoms with van der Waals surface area (Å²) >= 11 is 0. The molecule has 4 N–H and O–H groups in total. The van der Waals surface area contributed by atoms with Crippen LogP contribution < -0.4 is 10.6 Å². The Morgan fingerprint density at radius 2 is 1.88 bits per heavy atom. The molecular formula is C26H30N2O6. The molecule has 180 valence electrons. The van der Waals surface area contributed by atoms with Crippen molar-refractivity contribution in [3.8, 4) is 5.75 Å². The van der Waals surface area contributed by atoms with E-state index in [1.165, 1.54) is 13.2 Å². The van der Waals surface area contributed by atoms with Crippen molar-refractivity contribution < 1.29 is 29.3 Å². The molecule has 0 bridgehead atoms. The molecule has 1 aliphatic heterocycles. The average molecular weight is 467 g/mol. The summed E-state index contributed by atoms with van der Waals surface area (Å²) < 4.78 is 4.92. The minimum Gasteiger partial charge on any atom is -0.506 e. The van der Waals surface area contributed by atoms with Crippen LogP contribution in [0.25, 0.3) is 0 Å². The molecule has 34 heavy (non-hydrogen) atoms. The zero-order valence-corrected chi connectivity index (χ0v) is 19.5. The molecule has 3 atom stereocenters. The zero-order valence-electron chi connectivity index (χ0n) is 19.5. The van der Waals surface area contributed by atoms with Crippen molar-refractivity contribution in [3.05, 3.63) is 72.3 Å². The monoisotopic (exact) mass is 466 g/mol. The number of anilines is 1. The highest BCUT2D eigenvalue weighted by atomic mass is 16.5. The molecule has 0 unspecified atom stereocenters. The van der Waals surface area contributed by atoms with Gasteiger partial charge in [-0.2, -0.15) is 0 Å². The normalized spacial score (nSPS) is 18.9. The number of amides is 2. The minimum absolute atomic E-state index is 0.0566. The van der Waals surface area contributed by atoms with Crippen LogP contribution in [0.4, 0.5) is 5.69 Å². The summed E-state index contributed by atoms with van der Waals surface area (Å²) in [5.41, 5.74) is -0.768. The smallest absolute Gasteiger partial charge is 0.328 e. The number of aliphatic hydroxyl groups excluding tert-OH is 1. The van der Waals surface area contributed by atoms with Crippen LogP contribution in [0.5, 0.6) is 5.75 Å². The Kier molecular flexibility index (Phi) is 7.12. The summed E-state index contributed by atoms with van der Waals surface area (Å²) in [5, 5.41) is 26.1. The first kappa shape index (κ1) is 25.0. The van der Waals surface area contributed by atoms with Crippen molar-refractivity contribution in [1.29, 1.82) is 0 Å². The van der Waals surface area contributed by atoms with Gasteiger partial charge in [0.1, 0.15) is 17.9 Å². The Bertz CT molecular complexity index is 1100. The van der Waals surface area contributed by atoms with Crippen molar-refractivity contribution in [3.63, 3.8) is 0 Å². The molecule has 0 radical (unpaired) electrons. The number of aromatic hydroxyl groups is 1. The number of carbonyl (C=O) groups excluding carboxylic acids is 3. The van der Waals surface area contributed by atoms with E-state index < -0.39 is 40.8 Å². The Morgan fingerprint density at radius 1 is 1.21 bits per heavy atom. The van der Waals surface area contributed by atoms with Gasteiger partial charge in [-0.25, -0.2) is 4.79 Å². The van der Waals surface area contributed by atoms with Gasteiger partial charge in [-0.05, 0) is 23.6 Å². The molecule has 2 aromatic carbocycles. The number of phenolic OH excluding ortho intramolecular Hbond substituents is 1. The van der Waals surface area contributed by atoms with E-state index >= 15 is 0 Å². The zero-order chi connectivity index (χ0) is 25.1. The van der Waals surface area contributed by atoms with Gasteiger partial charge in [0.15, 0.2) is 0 Å². The number of fused-ring (bicyclic) bond motifs is 1. The van der Waals surface area contributed by atoms with E-state index in [1.807, 2.05) is 6.07 Å². The van der Waals surface area contributed by atoms with Gasteiger partial charge in [0, 0.05) is 11.8 Å². The number of para-hydroxylation sites is 1. The summed E-state index contributed by atoms with van der Waals surface area (Å²) in [7, 11) is 1.18. The minimum atomic E-state index is -1.41. The Morgan fingerprint density at radius 3 is 2.50 bits per heavy atom. The first-order chi connectivity index (χ1) is 16.1. The van der Waals surface area contributed by atoms with E-state index in [0.717, 1.165) is 5.56 Å². The fourth-order valence-corrected chi connectivity index (χ4v) is 4.49. The maximum Gasteiger partial charge on any atom is 0.328 e. The van der Waals surface area contributed by atoms with E-state index in [9.17, 15) is 24.6 Å². The number of hydrogen-bond donors (Lipinski definition) is 4. The number of allylic oxidation sites excluding steroid dienone is 1. The van der Waals surface area contributed by atoms with Gasteiger partial charge in [0.05, 0.1) is 18.2 Å². The summed E-state index contributed by atoms with van der Waals surface area (Å²) in [6, 6.07) is 12.5. The third kappa shape index (κ3) is 4.41. The standard InChI is InChI=1S/C26H30N2O6/c1-5-25(2,3)26(17-12-9-13-19(29)21(17)28-24(26)33)15-18(23(32)34-4)27-22(31)20(30)14-16-10-7-6-8-11-16/h5-13,18,20,29-30H,1,14-15H2,2-4H3,(H,27,31)(H,28,33)/t18-,20-,26-/m0/s1. The Balaban J connectivity index is 1.97. The lowest BCUT2D eigenvalue weighted by Gasteiger charge is -2.42. The number of phenols is 1. The molecule has 0 saturated carbocycles. The molecule has 0 aliphatic carbocycles. The van der Waals surface area contributed by atoms with E-state index in [2.05, 4.69) is 17.2 Å². The van der Waals surface area contributed by atoms with E-state index in [0.29, 0.717) is 5.56 Å². The van der Waals surface area contributed by atoms with Gasteiger partial charge in [0.25, 0.3) is 0 Å². The van der Waals surface area contributed by atoms with Gasteiger partial charge < -0.3 is 25.6 Å². The number of benzene rings is 2. The third-order valence-corrected chi connectivity index (χ3v) is 6.63. The van der Waals surface area contributed by atoms with Crippen molar-refractivity contribution >= 4 is 23.5 Å². The van der Waals surface area contributed by atoms with Crippen LogP contribution in [0, 0.1) is 5.41 Å². The Labute approximate surface area is 198 Å². The highest BCUT2D eigenvalue weighted by Crippen LogP contribution is 2.54. The van der Waals surface area contributed by atoms with Crippen molar-refractivity contribution in [2.75, 3.05) is 12.4 Å². The predicted octanol–water partition coefficient (Wildman–Crippen LogP) is 2.45. The summed E-state index contributed by atoms with van der Waals surface area (Å²) in [4.78, 5) is 39.0. The van der Waals surface area contributed by atoms with Crippen LogP contribution in [0.15, 0.2) is 61.2 Å². The fourth-order valence-electron chi connectivity index (χ4n) is 4.49. The van der Waals surface area contributed by atoms with E-state index in [-0.39, 0.29) is 24.3 Å². The molecule has 0 fully saturated rings. The number of rotatable bonds is 9. The number of aliphatic hydroxyl groups is 1. The molecule has 0 spiro atoms. The van der Waals surface area contributed by atoms with Crippen LogP contribution in [-0.4, -0.2) is 47.3 Å². The molecule has 8 nitrogen and oxygen atoms in total. The molecular weight excluding hydrogens is 436 g/mol. The van der Waals surface area contributed by atoms with E-state index in [4.69, 9.17) is 4.74 Å². The largest absolute Gasteiger partial charge is 0.506 e. The summed E-state index contributed by atoms with van der Waals surface area (Å²) in [6.07, 6.45) is 0.0736. The first-order valence-electron chi connectivity index (χ1n) is 10.9. The lowest BCUT2D eigenvalue weighted by molar-refractivity contribution is -0.147. The molecule has 0 saturated heterocycles. The SMILES string of the molecule is C=CC(C)(C)[C@]1(C[C@H](NC(=O)[C@@H](O)Cc2ccccc2)C(=O)OC)C(=O)Nc2c(O)cccc21. The van der Waals surface area contributed by atoms with Crippen LogP contribution in [-0.2, 0) is 31.0 Å². The van der Waals surface area contributed by atoms with Gasteiger partial charge in [0.2, 0.25) is 11.8 Å². The second kappa shape index (κ2) is 9.69. The van der Waals surface area contributed by atoms with Gasteiger partial charge in [-0.3, -0.25) is 9.59 Å². The Hall–Kier alpha value is -3.65. The van der Waals surface area contributed by atoms with Crippen molar-refractivity contribution in [1.82, 2.24) is 5.32 Å². The fraction of sp³-hybridized carbons (Fsp3) is 0.346. The highest BCUT2D eigenvalue weighted by Gasteiger charge is 2.57. The van der Waals surface area contributed by atoms with Crippen molar-refractivity contribution in [2.24, 2.45) is 5.41 Å². The molecule has 2 aromatic rings. The average Bonchev–Trinajstić information content (AvgIpc) is 3.12. The number of carbonyl (C=O) groups is 3. The van der Waals surface area contributed by atoms with Crippen LogP contribution in [0.1, 0.15) is 31.4 Å². The second-order valence-electron chi connectivity index (χ2n) is 8.98. The van der Waals surface area contributed by atoms with Gasteiger partial charge in [-0.1, -0.05) is 62.4 Å². The summed E-state index contributed by atoms with van der Waals surface area (Å²) in [6.45, 7) is 7.46. The molecule has 0 aromatic heterocycles. The first-order valence-corrected chi connectivity index (χ1v) is 10.9. The lowest BCUT2D eigenvalue weighted by atomic mass is 9.59. The maximum atomic E-state index is 13.4. The number of hydrogen-bond acceptors (Lipinski definition) is 6. The molecule has 8 heteroatoms. The second-order valence-corrected chi connectivity index (χ2v) is 8.98. The topological polar surface area (TPSA) is 125 Å². The number of ether oxygens (including phenoxy) is 1. The summed E-state index contributed by atoms with van der Waals surface area (Å²) in [5.74, 6) is -2.08. The van der Waals surface area contributed by atoms with Crippen LogP contribution >= 0.6 is 0 Å². The van der Waals surface area contributed by atoms with Gasteiger partial charge >= 0.3 is 5.97 Å². The van der Waals surface area contributed by atoms with Crippen LogP contribution in [0.3, 0.4) is 0 Å². The number of esters is 1.